The van der Waals surface area contributed by atoms with E-state index >= 15 is 0 Å². The monoisotopic (exact) mass is 314 g/mol. The second kappa shape index (κ2) is 6.82. The fraction of sp³-hybridized carbons (Fsp3) is 0.364. The molecule has 0 radical (unpaired) electrons. The first-order valence-electron chi connectivity index (χ1n) is 5.90. The second-order valence-corrected chi connectivity index (χ2v) is 7.30. The molecule has 2 rings (SSSR count). The molecule has 0 spiro atoms. The third-order valence-electron chi connectivity index (χ3n) is 2.47. The molecule has 0 atom stereocenters. The first kappa shape index (κ1) is 14.9. The van der Waals surface area contributed by atoms with Crippen LogP contribution < -0.4 is 0 Å². The Kier molecular flexibility index (Phi) is 5.10. The Morgan fingerprint density at radius 2 is 1.95 bits per heavy atom. The van der Waals surface area contributed by atoms with Gasteiger partial charge >= 0.3 is 0 Å². The summed E-state index contributed by atoms with van der Waals surface area (Å²) >= 11 is 1.27. The minimum Gasteiger partial charge on any atom is -0.395 e. The maximum absolute atomic E-state index is 11.5. The van der Waals surface area contributed by atoms with E-state index in [2.05, 4.69) is 15.5 Å². The van der Waals surface area contributed by atoms with Crippen molar-refractivity contribution in [2.24, 2.45) is 0 Å². The Morgan fingerprint density at radius 1 is 1.20 bits per heavy atom. The van der Waals surface area contributed by atoms with Gasteiger partial charge < -0.3 is 5.11 Å². The van der Waals surface area contributed by atoms with Gasteiger partial charge in [0.05, 0.1) is 23.8 Å². The Hall–Kier alpha value is -1.45. The van der Waals surface area contributed by atoms with E-state index in [1.807, 2.05) is 30.3 Å². The molecular formula is C11H14N4O3S2. The maximum atomic E-state index is 11.5. The lowest BCUT2D eigenvalue weighted by Gasteiger charge is -2.04. The van der Waals surface area contributed by atoms with Crippen LogP contribution in [0.4, 0.5) is 0 Å². The third-order valence-corrected chi connectivity index (χ3v) is 5.28. The highest BCUT2D eigenvalue weighted by atomic mass is 32.2. The molecule has 0 aliphatic carbocycles. The molecule has 2 aromatic rings. The third kappa shape index (κ3) is 4.02. The van der Waals surface area contributed by atoms with Crippen LogP contribution in [0.25, 0.3) is 5.69 Å². The zero-order valence-corrected chi connectivity index (χ0v) is 12.2. The number of tetrazole rings is 1. The number of nitrogens with zero attached hydrogens (tertiary/aromatic N) is 4. The molecule has 0 fully saturated rings. The molecule has 0 aliphatic rings. The normalized spacial score (nSPS) is 11.7. The van der Waals surface area contributed by atoms with Gasteiger partial charge in [-0.1, -0.05) is 30.0 Å². The van der Waals surface area contributed by atoms with Crippen molar-refractivity contribution < 1.29 is 13.5 Å². The number of aliphatic hydroxyl groups excluding tert-OH is 1. The molecule has 0 saturated carbocycles. The summed E-state index contributed by atoms with van der Waals surface area (Å²) in [5.74, 6) is 0.118. The Labute approximate surface area is 120 Å². The van der Waals surface area contributed by atoms with Gasteiger partial charge in [-0.2, -0.15) is 4.68 Å². The molecule has 0 aliphatic heterocycles. The lowest BCUT2D eigenvalue weighted by atomic mass is 10.3. The maximum Gasteiger partial charge on any atom is 0.214 e. The Morgan fingerprint density at radius 3 is 2.65 bits per heavy atom. The highest BCUT2D eigenvalue weighted by Gasteiger charge is 2.13. The molecule has 0 bridgehead atoms. The van der Waals surface area contributed by atoms with Crippen LogP contribution in [0.3, 0.4) is 0 Å². The van der Waals surface area contributed by atoms with Crippen LogP contribution in [0, 0.1) is 0 Å². The van der Waals surface area contributed by atoms with Gasteiger partial charge in [-0.05, 0) is 22.6 Å². The van der Waals surface area contributed by atoms with Gasteiger partial charge in [0, 0.05) is 5.75 Å². The van der Waals surface area contributed by atoms with Crippen molar-refractivity contribution in [3.8, 4) is 5.69 Å². The molecule has 108 valence electrons. The molecule has 0 amide bonds. The number of sulfone groups is 1. The number of hydrogen-bond donors (Lipinski definition) is 1. The molecular weight excluding hydrogens is 300 g/mol. The summed E-state index contributed by atoms with van der Waals surface area (Å²) in [4.78, 5) is 0. The fourth-order valence-corrected chi connectivity index (χ4v) is 3.87. The lowest BCUT2D eigenvalue weighted by molar-refractivity contribution is 0.319. The van der Waals surface area contributed by atoms with Crippen molar-refractivity contribution in [3.63, 3.8) is 0 Å². The van der Waals surface area contributed by atoms with E-state index in [0.29, 0.717) is 10.9 Å². The molecule has 7 nitrogen and oxygen atoms in total. The topological polar surface area (TPSA) is 98.0 Å². The number of benzene rings is 1. The van der Waals surface area contributed by atoms with Crippen LogP contribution in [-0.4, -0.2) is 57.6 Å². The van der Waals surface area contributed by atoms with Gasteiger partial charge in [-0.3, -0.25) is 0 Å². The zero-order valence-electron chi connectivity index (χ0n) is 10.6. The van der Waals surface area contributed by atoms with E-state index in [-0.39, 0.29) is 18.1 Å². The van der Waals surface area contributed by atoms with Gasteiger partial charge in [0.1, 0.15) is 0 Å². The minimum atomic E-state index is -3.21. The van der Waals surface area contributed by atoms with Crippen LogP contribution in [0.1, 0.15) is 0 Å². The highest BCUT2D eigenvalue weighted by molar-refractivity contribution is 8.00. The molecule has 1 N–H and O–H groups in total. The second-order valence-electron chi connectivity index (χ2n) is 3.93. The molecule has 9 heteroatoms. The van der Waals surface area contributed by atoms with Crippen LogP contribution in [-0.2, 0) is 9.84 Å². The van der Waals surface area contributed by atoms with E-state index in [0.717, 1.165) is 5.69 Å². The van der Waals surface area contributed by atoms with E-state index in [1.165, 1.54) is 11.8 Å². The largest absolute Gasteiger partial charge is 0.395 e. The van der Waals surface area contributed by atoms with Crippen molar-refractivity contribution >= 4 is 21.6 Å². The first-order valence-corrected chi connectivity index (χ1v) is 8.71. The molecule has 0 unspecified atom stereocenters. The van der Waals surface area contributed by atoms with E-state index in [4.69, 9.17) is 5.11 Å². The number of thioether (sulfide) groups is 1. The summed E-state index contributed by atoms with van der Waals surface area (Å²) in [6.07, 6.45) is 0. The van der Waals surface area contributed by atoms with E-state index in [1.54, 1.807) is 4.68 Å². The standard InChI is InChI=1S/C11H14N4O3S2/c16-6-8-20(17,18)9-7-19-11-12-13-14-15(11)10-4-2-1-3-5-10/h1-5,16H,6-9H2. The van der Waals surface area contributed by atoms with Crippen molar-refractivity contribution in [2.75, 3.05) is 23.9 Å². The minimum absolute atomic E-state index is 0.0140. The Balaban J connectivity index is 2.00. The quantitative estimate of drug-likeness (QED) is 0.727. The van der Waals surface area contributed by atoms with Crippen LogP contribution in [0.2, 0.25) is 0 Å². The van der Waals surface area contributed by atoms with Crippen molar-refractivity contribution in [2.45, 2.75) is 5.16 Å². The van der Waals surface area contributed by atoms with Crippen molar-refractivity contribution in [1.29, 1.82) is 0 Å². The van der Waals surface area contributed by atoms with E-state index in [9.17, 15) is 8.42 Å². The molecule has 20 heavy (non-hydrogen) atoms. The molecule has 1 aromatic carbocycles. The van der Waals surface area contributed by atoms with Gasteiger partial charge in [0.25, 0.3) is 0 Å². The molecule has 1 aromatic heterocycles. The summed E-state index contributed by atoms with van der Waals surface area (Å²) in [5, 5.41) is 20.6. The van der Waals surface area contributed by atoms with Crippen LogP contribution >= 0.6 is 11.8 Å². The Bertz CT molecular complexity index is 643. The average Bonchev–Trinajstić information content (AvgIpc) is 2.88. The predicted octanol–water partition coefficient (Wildman–Crippen LogP) is 0.161. The number of hydrogen-bond acceptors (Lipinski definition) is 7. The molecule has 1 heterocycles. The predicted molar refractivity (Wildman–Crippen MR) is 75.6 cm³/mol. The zero-order chi connectivity index (χ0) is 14.4. The average molecular weight is 314 g/mol. The summed E-state index contributed by atoms with van der Waals surface area (Å²) in [7, 11) is -3.21. The first-order chi connectivity index (χ1) is 9.62. The van der Waals surface area contributed by atoms with Crippen LogP contribution in [0.15, 0.2) is 35.5 Å². The van der Waals surface area contributed by atoms with Gasteiger partial charge in [0.15, 0.2) is 9.84 Å². The highest BCUT2D eigenvalue weighted by Crippen LogP contribution is 2.18. The number of para-hydroxylation sites is 1. The fourth-order valence-electron chi connectivity index (χ4n) is 1.50. The molecule has 0 saturated heterocycles. The van der Waals surface area contributed by atoms with Crippen molar-refractivity contribution in [3.05, 3.63) is 30.3 Å². The number of aromatic nitrogens is 4. The van der Waals surface area contributed by atoms with Gasteiger partial charge in [-0.25, -0.2) is 8.42 Å². The lowest BCUT2D eigenvalue weighted by Crippen LogP contribution is -2.15. The van der Waals surface area contributed by atoms with E-state index < -0.39 is 9.84 Å². The smallest absolute Gasteiger partial charge is 0.214 e. The number of rotatable bonds is 7. The van der Waals surface area contributed by atoms with Gasteiger partial charge in [-0.15, -0.1) is 5.10 Å². The summed E-state index contributed by atoms with van der Waals surface area (Å²) in [6, 6.07) is 9.36. The summed E-state index contributed by atoms with van der Waals surface area (Å²) in [5.41, 5.74) is 0.818. The summed E-state index contributed by atoms with van der Waals surface area (Å²) < 4.78 is 24.5. The van der Waals surface area contributed by atoms with Gasteiger partial charge in [0.2, 0.25) is 5.16 Å². The summed E-state index contributed by atoms with van der Waals surface area (Å²) in [6.45, 7) is -0.352. The number of aliphatic hydroxyl groups is 1. The van der Waals surface area contributed by atoms with Crippen molar-refractivity contribution in [1.82, 2.24) is 20.2 Å². The van der Waals surface area contributed by atoms with Crippen LogP contribution in [0.5, 0.6) is 0 Å². The SMILES string of the molecule is O=S(=O)(CCO)CCSc1nnnn1-c1ccccc1.